The molecule has 0 aromatic carbocycles. The van der Waals surface area contributed by atoms with Gasteiger partial charge in [-0.2, -0.15) is 0 Å². The average Bonchev–Trinajstić information content (AvgIpc) is 2.92. The largest absolute Gasteiger partial charge is 0.347 e. The number of carbonyl (C=O) groups excluding carboxylic acids is 1. The first-order valence-corrected chi connectivity index (χ1v) is 8.49. The van der Waals surface area contributed by atoms with Crippen LogP contribution in [0, 0.1) is 11.8 Å². The number of carbonyl (C=O) groups is 1. The average molecular weight is 294 g/mol. The van der Waals surface area contributed by atoms with E-state index in [-0.39, 0.29) is 11.9 Å². The molecule has 1 aromatic heterocycles. The lowest BCUT2D eigenvalue weighted by atomic mass is 9.99. The van der Waals surface area contributed by atoms with Crippen LogP contribution < -0.4 is 5.32 Å². The minimum absolute atomic E-state index is 0.145. The maximum absolute atomic E-state index is 12.3. The summed E-state index contributed by atoms with van der Waals surface area (Å²) >= 11 is 1.72. The molecule has 0 radical (unpaired) electrons. The molecule has 20 heavy (non-hydrogen) atoms. The highest BCUT2D eigenvalue weighted by molar-refractivity contribution is 7.10. The van der Waals surface area contributed by atoms with E-state index in [1.54, 1.807) is 11.3 Å². The van der Waals surface area contributed by atoms with Gasteiger partial charge in [0.05, 0.1) is 12.6 Å². The van der Waals surface area contributed by atoms with Gasteiger partial charge in [-0.15, -0.1) is 11.3 Å². The smallest absolute Gasteiger partial charge is 0.234 e. The molecule has 0 spiro atoms. The maximum atomic E-state index is 12.3. The lowest BCUT2D eigenvalue weighted by molar-refractivity contribution is -0.123. The van der Waals surface area contributed by atoms with Crippen molar-refractivity contribution >= 4 is 17.2 Å². The molecule has 2 heterocycles. The Labute approximate surface area is 126 Å². The van der Waals surface area contributed by atoms with Crippen LogP contribution in [0.15, 0.2) is 17.5 Å². The predicted molar refractivity (Wildman–Crippen MR) is 84.9 cm³/mol. The lowest BCUT2D eigenvalue weighted by Gasteiger charge is -2.30. The van der Waals surface area contributed by atoms with Crippen LogP contribution in [0.3, 0.4) is 0 Å². The van der Waals surface area contributed by atoms with E-state index in [4.69, 9.17) is 0 Å². The second kappa shape index (κ2) is 7.23. The topological polar surface area (TPSA) is 32.3 Å². The lowest BCUT2D eigenvalue weighted by Crippen LogP contribution is -2.42. The second-order valence-electron chi connectivity index (χ2n) is 6.26. The number of hydrogen-bond acceptors (Lipinski definition) is 3. The summed E-state index contributed by atoms with van der Waals surface area (Å²) in [5.41, 5.74) is 0. The highest BCUT2D eigenvalue weighted by Crippen LogP contribution is 2.25. The molecule has 1 saturated heterocycles. The van der Waals surface area contributed by atoms with Crippen LogP contribution in [0.25, 0.3) is 0 Å². The van der Waals surface area contributed by atoms with Crippen LogP contribution in [0.2, 0.25) is 0 Å². The molecular weight excluding hydrogens is 268 g/mol. The molecule has 112 valence electrons. The molecule has 1 amide bonds. The molecular formula is C16H26N2OS. The van der Waals surface area contributed by atoms with Gasteiger partial charge in [0.15, 0.2) is 0 Å². The number of amides is 1. The van der Waals surface area contributed by atoms with Crippen molar-refractivity contribution in [2.24, 2.45) is 11.8 Å². The van der Waals surface area contributed by atoms with E-state index in [0.717, 1.165) is 19.0 Å². The molecule has 1 N–H and O–H groups in total. The van der Waals surface area contributed by atoms with Crippen molar-refractivity contribution < 1.29 is 4.79 Å². The van der Waals surface area contributed by atoms with Gasteiger partial charge in [0, 0.05) is 4.88 Å². The van der Waals surface area contributed by atoms with Crippen LogP contribution in [-0.4, -0.2) is 30.4 Å². The van der Waals surface area contributed by atoms with Crippen molar-refractivity contribution in [3.05, 3.63) is 22.4 Å². The molecule has 1 aliphatic heterocycles. The molecule has 2 rings (SSSR count). The summed E-state index contributed by atoms with van der Waals surface area (Å²) in [5, 5.41) is 5.28. The SMILES string of the molecule is CC1CCN(CC(=O)N[C@H](c2cccs2)C(C)C)CC1. The summed E-state index contributed by atoms with van der Waals surface area (Å²) in [6.07, 6.45) is 2.43. The van der Waals surface area contributed by atoms with Gasteiger partial charge in [0.1, 0.15) is 0 Å². The standard InChI is InChI=1S/C16H26N2OS/c1-12(2)16(14-5-4-10-20-14)17-15(19)11-18-8-6-13(3)7-9-18/h4-5,10,12-13,16H,6-9,11H2,1-3H3,(H,17,19)/t16-/m0/s1. The van der Waals surface area contributed by atoms with E-state index in [1.807, 2.05) is 6.07 Å². The van der Waals surface area contributed by atoms with Gasteiger partial charge in [-0.05, 0) is 49.2 Å². The Kier molecular flexibility index (Phi) is 5.61. The van der Waals surface area contributed by atoms with Gasteiger partial charge in [-0.1, -0.05) is 26.8 Å². The fraction of sp³-hybridized carbons (Fsp3) is 0.688. The third kappa shape index (κ3) is 4.32. The van der Waals surface area contributed by atoms with Gasteiger partial charge in [-0.3, -0.25) is 9.69 Å². The minimum Gasteiger partial charge on any atom is -0.347 e. The zero-order valence-corrected chi connectivity index (χ0v) is 13.6. The number of nitrogens with zero attached hydrogens (tertiary/aromatic N) is 1. The van der Waals surface area contributed by atoms with Crippen LogP contribution in [-0.2, 0) is 4.79 Å². The minimum atomic E-state index is 0.145. The van der Waals surface area contributed by atoms with Crippen LogP contribution in [0.5, 0.6) is 0 Å². The summed E-state index contributed by atoms with van der Waals surface area (Å²) in [6.45, 7) is 9.27. The highest BCUT2D eigenvalue weighted by atomic mass is 32.1. The zero-order chi connectivity index (χ0) is 14.5. The highest BCUT2D eigenvalue weighted by Gasteiger charge is 2.22. The number of hydrogen-bond donors (Lipinski definition) is 1. The molecule has 4 heteroatoms. The predicted octanol–water partition coefficient (Wildman–Crippen LogP) is 3.29. The van der Waals surface area contributed by atoms with E-state index in [9.17, 15) is 4.79 Å². The van der Waals surface area contributed by atoms with Crippen molar-refractivity contribution in [3.8, 4) is 0 Å². The van der Waals surface area contributed by atoms with E-state index in [0.29, 0.717) is 12.5 Å². The fourth-order valence-corrected chi connectivity index (χ4v) is 3.63. The summed E-state index contributed by atoms with van der Waals surface area (Å²) in [6, 6.07) is 4.30. The molecule has 1 atom stereocenters. The normalized spacial score (nSPS) is 19.2. The Morgan fingerprint density at radius 3 is 2.70 bits per heavy atom. The third-order valence-electron chi connectivity index (χ3n) is 4.08. The van der Waals surface area contributed by atoms with Crippen molar-refractivity contribution in [2.45, 2.75) is 39.7 Å². The Hall–Kier alpha value is -0.870. The molecule has 0 saturated carbocycles. The Morgan fingerprint density at radius 1 is 1.45 bits per heavy atom. The first-order chi connectivity index (χ1) is 9.56. The van der Waals surface area contributed by atoms with E-state index in [2.05, 4.69) is 42.4 Å². The molecule has 1 fully saturated rings. The number of piperidine rings is 1. The third-order valence-corrected chi connectivity index (χ3v) is 5.03. The molecule has 0 bridgehead atoms. The van der Waals surface area contributed by atoms with Gasteiger partial charge in [-0.25, -0.2) is 0 Å². The summed E-state index contributed by atoms with van der Waals surface area (Å²) < 4.78 is 0. The Bertz CT molecular complexity index is 408. The number of likely N-dealkylation sites (tertiary alicyclic amines) is 1. The van der Waals surface area contributed by atoms with E-state index >= 15 is 0 Å². The molecule has 0 aliphatic carbocycles. The first-order valence-electron chi connectivity index (χ1n) is 7.61. The maximum Gasteiger partial charge on any atom is 0.234 e. The number of thiophene rings is 1. The summed E-state index contributed by atoms with van der Waals surface area (Å²) in [5.74, 6) is 1.38. The van der Waals surface area contributed by atoms with Crippen LogP contribution >= 0.6 is 11.3 Å². The Balaban J connectivity index is 1.86. The van der Waals surface area contributed by atoms with Gasteiger partial charge in [0.25, 0.3) is 0 Å². The molecule has 3 nitrogen and oxygen atoms in total. The molecule has 1 aliphatic rings. The van der Waals surface area contributed by atoms with Crippen LogP contribution in [0.1, 0.15) is 44.5 Å². The monoisotopic (exact) mass is 294 g/mol. The van der Waals surface area contributed by atoms with Gasteiger partial charge in [0.2, 0.25) is 5.91 Å². The Morgan fingerprint density at radius 2 is 2.15 bits per heavy atom. The molecule has 0 unspecified atom stereocenters. The first kappa shape index (κ1) is 15.5. The van der Waals surface area contributed by atoms with Crippen molar-refractivity contribution in [1.29, 1.82) is 0 Å². The summed E-state index contributed by atoms with van der Waals surface area (Å²) in [4.78, 5) is 15.8. The zero-order valence-electron chi connectivity index (χ0n) is 12.8. The molecule has 1 aromatic rings. The quantitative estimate of drug-likeness (QED) is 0.904. The van der Waals surface area contributed by atoms with Crippen molar-refractivity contribution in [1.82, 2.24) is 10.2 Å². The van der Waals surface area contributed by atoms with Crippen LogP contribution in [0.4, 0.5) is 0 Å². The van der Waals surface area contributed by atoms with E-state index < -0.39 is 0 Å². The van der Waals surface area contributed by atoms with Gasteiger partial charge >= 0.3 is 0 Å². The summed E-state index contributed by atoms with van der Waals surface area (Å²) in [7, 11) is 0. The van der Waals surface area contributed by atoms with Gasteiger partial charge < -0.3 is 5.32 Å². The van der Waals surface area contributed by atoms with E-state index in [1.165, 1.54) is 17.7 Å². The second-order valence-corrected chi connectivity index (χ2v) is 7.24. The van der Waals surface area contributed by atoms with Crippen molar-refractivity contribution in [2.75, 3.05) is 19.6 Å². The number of rotatable bonds is 5. The van der Waals surface area contributed by atoms with Crippen molar-refractivity contribution in [3.63, 3.8) is 0 Å². The number of nitrogens with one attached hydrogen (secondary N) is 1. The fourth-order valence-electron chi connectivity index (χ4n) is 2.68.